The first-order chi connectivity index (χ1) is 46.2. The third-order valence-electron chi connectivity index (χ3n) is 17.9. The number of fused-ring (bicyclic) bond motifs is 8. The van der Waals surface area contributed by atoms with Crippen molar-refractivity contribution >= 4 is 86.7 Å². The van der Waals surface area contributed by atoms with Crippen molar-refractivity contribution in [3.63, 3.8) is 0 Å². The molecule has 0 fully saturated rings. The molecule has 16 rings (SSSR count). The van der Waals surface area contributed by atoms with E-state index in [1.165, 1.54) is 131 Å². The van der Waals surface area contributed by atoms with E-state index in [4.69, 9.17) is 0 Å². The smallest absolute Gasteiger partial charge is 0.0707 e. The lowest BCUT2D eigenvalue weighted by molar-refractivity contribution is 1.23. The van der Waals surface area contributed by atoms with Gasteiger partial charge in [-0.2, -0.15) is 0 Å². The van der Waals surface area contributed by atoms with Gasteiger partial charge in [-0.1, -0.05) is 218 Å². The van der Waals surface area contributed by atoms with Gasteiger partial charge >= 0.3 is 0 Å². The molecule has 0 saturated heterocycles. The summed E-state index contributed by atoms with van der Waals surface area (Å²) in [6.45, 7) is 33.9. The Labute approximate surface area is 570 Å². The van der Waals surface area contributed by atoms with Gasteiger partial charge in [0, 0.05) is 44.3 Å². The number of benzene rings is 12. The van der Waals surface area contributed by atoms with Gasteiger partial charge in [0.1, 0.15) is 0 Å². The van der Waals surface area contributed by atoms with Crippen molar-refractivity contribution in [3.8, 4) is 0 Å². The molecule has 0 atom stereocenters. The molecule has 4 heteroatoms. The largest absolute Gasteiger partial charge is 0.253 e. The van der Waals surface area contributed by atoms with Crippen molar-refractivity contribution in [2.75, 3.05) is 0 Å². The van der Waals surface area contributed by atoms with Gasteiger partial charge in [0.25, 0.3) is 0 Å². The van der Waals surface area contributed by atoms with Gasteiger partial charge in [-0.3, -0.25) is 19.9 Å². The minimum absolute atomic E-state index is 1.09. The van der Waals surface area contributed by atoms with Crippen molar-refractivity contribution < 1.29 is 0 Å². The Kier molecular flexibility index (Phi) is 23.9. The van der Waals surface area contributed by atoms with Gasteiger partial charge in [-0.05, 0) is 269 Å². The van der Waals surface area contributed by atoms with E-state index >= 15 is 0 Å². The van der Waals surface area contributed by atoms with Crippen LogP contribution in [-0.2, 0) is 0 Å². The number of nitrogens with zero attached hydrogens (tertiary/aromatic N) is 4. The van der Waals surface area contributed by atoms with Crippen LogP contribution < -0.4 is 0 Å². The molecule has 0 aliphatic rings. The number of para-hydroxylation sites is 4. The minimum atomic E-state index is 1.09. The molecular weight excluding hydrogens is 1160 g/mol. The predicted octanol–water partition coefficient (Wildman–Crippen LogP) is 25.2. The van der Waals surface area contributed by atoms with Gasteiger partial charge < -0.3 is 0 Å². The highest BCUT2D eigenvalue weighted by molar-refractivity contribution is 5.90. The zero-order chi connectivity index (χ0) is 68.4. The summed E-state index contributed by atoms with van der Waals surface area (Å²) in [5, 5.41) is 15.8. The molecule has 0 unspecified atom stereocenters. The number of pyridine rings is 4. The van der Waals surface area contributed by atoms with E-state index in [-0.39, 0.29) is 0 Å². The zero-order valence-electron chi connectivity index (χ0n) is 59.2. The Morgan fingerprint density at radius 3 is 0.656 bits per heavy atom. The molecule has 0 N–H and O–H groups in total. The van der Waals surface area contributed by atoms with Gasteiger partial charge in [-0.25, -0.2) is 0 Å². The average Bonchev–Trinajstić information content (AvgIpc) is 0.966. The normalized spacial score (nSPS) is 10.5. The zero-order valence-corrected chi connectivity index (χ0v) is 59.2. The first kappa shape index (κ1) is 69.7. The van der Waals surface area contributed by atoms with Crippen LogP contribution in [0, 0.1) is 111 Å². The molecule has 0 saturated carbocycles. The standard InChI is InChI=1S/4C12H12.4C11H11N/c1-9-7-11-5-3-4-6-12(11)8-10(9)2;2*1-9-7-8-11-5-3-4-6-12(11)10(9)2;1-9-7-8-10(2)12-6-4-3-5-11(9)12;4*1-8-7-9(2)12-11-6-4-3-5-10(8)11/h4*3-8H,1-2H3;4*3-7H,1-2H3. The summed E-state index contributed by atoms with van der Waals surface area (Å²) in [7, 11) is 0. The van der Waals surface area contributed by atoms with Crippen molar-refractivity contribution in [1.82, 2.24) is 19.9 Å². The Balaban J connectivity index is 0.000000129. The van der Waals surface area contributed by atoms with Crippen LogP contribution in [0.2, 0.25) is 0 Å². The Morgan fingerprint density at radius 1 is 0.156 bits per heavy atom. The lowest BCUT2D eigenvalue weighted by atomic mass is 10.0. The summed E-state index contributed by atoms with van der Waals surface area (Å²) in [4.78, 5) is 17.7. The third kappa shape index (κ3) is 18.2. The molecular formula is C92H92N4. The monoisotopic (exact) mass is 1250 g/mol. The number of hydrogen-bond acceptors (Lipinski definition) is 4. The van der Waals surface area contributed by atoms with Crippen molar-refractivity contribution in [2.24, 2.45) is 0 Å². The fourth-order valence-corrected chi connectivity index (χ4v) is 12.2. The summed E-state index contributed by atoms with van der Waals surface area (Å²) in [5.41, 5.74) is 24.9. The van der Waals surface area contributed by atoms with Crippen molar-refractivity contribution in [2.45, 2.75) is 111 Å². The van der Waals surface area contributed by atoms with Gasteiger partial charge in [-0.15, -0.1) is 0 Å². The van der Waals surface area contributed by atoms with Crippen LogP contribution in [0.4, 0.5) is 0 Å². The molecule has 0 radical (unpaired) electrons. The van der Waals surface area contributed by atoms with E-state index in [9.17, 15) is 0 Å². The summed E-state index contributed by atoms with van der Waals surface area (Å²) in [5.74, 6) is 0. The Bertz CT molecular complexity index is 4810. The predicted molar refractivity (Wildman–Crippen MR) is 419 cm³/mol. The van der Waals surface area contributed by atoms with E-state index in [2.05, 4.69) is 321 Å². The number of aryl methyl sites for hydroxylation is 16. The van der Waals surface area contributed by atoms with Crippen LogP contribution in [0.25, 0.3) is 86.7 Å². The summed E-state index contributed by atoms with van der Waals surface area (Å²) in [6.07, 6.45) is 0. The maximum absolute atomic E-state index is 4.44. The third-order valence-corrected chi connectivity index (χ3v) is 17.9. The fraction of sp³-hybridized carbons (Fsp3) is 0.174. The van der Waals surface area contributed by atoms with E-state index in [0.29, 0.717) is 0 Å². The highest BCUT2D eigenvalue weighted by Gasteiger charge is 2.04. The summed E-state index contributed by atoms with van der Waals surface area (Å²) < 4.78 is 0. The van der Waals surface area contributed by atoms with E-state index in [0.717, 1.165) is 44.8 Å². The molecule has 0 aliphatic heterocycles. The summed E-state index contributed by atoms with van der Waals surface area (Å²) >= 11 is 0. The van der Waals surface area contributed by atoms with E-state index in [1.807, 2.05) is 76.2 Å². The molecule has 4 aromatic heterocycles. The minimum Gasteiger partial charge on any atom is -0.253 e. The molecule has 0 aliphatic carbocycles. The van der Waals surface area contributed by atoms with E-state index in [1.54, 1.807) is 0 Å². The van der Waals surface area contributed by atoms with Crippen LogP contribution >= 0.6 is 0 Å². The highest BCUT2D eigenvalue weighted by Crippen LogP contribution is 2.26. The second-order valence-corrected chi connectivity index (χ2v) is 25.4. The molecule has 0 bridgehead atoms. The lowest BCUT2D eigenvalue weighted by Crippen LogP contribution is -1.85. The first-order valence-corrected chi connectivity index (χ1v) is 33.4. The van der Waals surface area contributed by atoms with Crippen LogP contribution in [0.1, 0.15) is 89.5 Å². The van der Waals surface area contributed by atoms with Crippen molar-refractivity contribution in [1.29, 1.82) is 0 Å². The second kappa shape index (κ2) is 32.9. The molecule has 4 heterocycles. The number of aromatic nitrogens is 4. The molecule has 96 heavy (non-hydrogen) atoms. The van der Waals surface area contributed by atoms with Crippen LogP contribution in [-0.4, -0.2) is 19.9 Å². The van der Waals surface area contributed by atoms with Gasteiger partial charge in [0.05, 0.1) is 22.1 Å². The number of hydrogen-bond donors (Lipinski definition) is 0. The molecule has 480 valence electrons. The van der Waals surface area contributed by atoms with Gasteiger partial charge in [0.15, 0.2) is 0 Å². The summed E-state index contributed by atoms with van der Waals surface area (Å²) in [6, 6.07) is 92.9. The number of rotatable bonds is 0. The maximum Gasteiger partial charge on any atom is 0.0707 e. The molecule has 0 spiro atoms. The van der Waals surface area contributed by atoms with Crippen LogP contribution in [0.5, 0.6) is 0 Å². The van der Waals surface area contributed by atoms with Crippen molar-refractivity contribution in [3.05, 3.63) is 356 Å². The first-order valence-electron chi connectivity index (χ1n) is 33.4. The molecule has 12 aromatic carbocycles. The molecule has 16 aromatic rings. The SMILES string of the molecule is Cc1cc(C)c2ccccc2n1.Cc1cc(C)c2ccccc2n1.Cc1cc(C)c2ccccc2n1.Cc1cc(C)c2ccccc2n1.Cc1cc2ccccc2cc1C.Cc1ccc(C)c2ccccc12.Cc1ccc2ccccc2c1C.Cc1ccc2ccccc2c1C. The highest BCUT2D eigenvalue weighted by atomic mass is 14.7. The topological polar surface area (TPSA) is 51.6 Å². The molecule has 0 amide bonds. The Morgan fingerprint density at radius 2 is 0.375 bits per heavy atom. The lowest BCUT2D eigenvalue weighted by Gasteiger charge is -2.04. The fourth-order valence-electron chi connectivity index (χ4n) is 12.2. The average molecular weight is 1250 g/mol. The van der Waals surface area contributed by atoms with E-state index < -0.39 is 0 Å². The maximum atomic E-state index is 4.44. The Hall–Kier alpha value is -10.7. The molecule has 4 nitrogen and oxygen atoms in total. The quantitative estimate of drug-likeness (QED) is 0.152. The van der Waals surface area contributed by atoms with Crippen LogP contribution in [0.15, 0.2) is 267 Å². The van der Waals surface area contributed by atoms with Crippen LogP contribution in [0.3, 0.4) is 0 Å². The van der Waals surface area contributed by atoms with Gasteiger partial charge in [0.2, 0.25) is 0 Å². The second-order valence-electron chi connectivity index (χ2n) is 25.4.